The number of hydrogen-bond acceptors (Lipinski definition) is 0. The maximum Gasteiger partial charge on any atom is 0.0406 e. The van der Waals surface area contributed by atoms with Gasteiger partial charge >= 0.3 is 0 Å². The van der Waals surface area contributed by atoms with Gasteiger partial charge in [-0.25, -0.2) is 0 Å². The Labute approximate surface area is 98.7 Å². The molecule has 0 bridgehead atoms. The van der Waals surface area contributed by atoms with Gasteiger partial charge < -0.3 is 0 Å². The molecule has 84 valence electrons. The van der Waals surface area contributed by atoms with Crippen molar-refractivity contribution in [2.45, 2.75) is 46.5 Å². The highest BCUT2D eigenvalue weighted by atomic mass is 35.5. The summed E-state index contributed by atoms with van der Waals surface area (Å²) >= 11 is 5.89. The topological polar surface area (TPSA) is 0 Å². The van der Waals surface area contributed by atoms with Crippen molar-refractivity contribution in [2.24, 2.45) is 5.41 Å². The van der Waals surface area contributed by atoms with E-state index in [0.29, 0.717) is 11.3 Å². The minimum atomic E-state index is 0.389. The normalized spacial score (nSPS) is 13.9. The van der Waals surface area contributed by atoms with Crippen molar-refractivity contribution in [1.29, 1.82) is 0 Å². The highest BCUT2D eigenvalue weighted by Gasteiger charge is 2.18. The van der Waals surface area contributed by atoms with E-state index in [2.05, 4.69) is 39.8 Å². The average Bonchev–Trinajstić information content (AvgIpc) is 2.14. The zero-order valence-corrected chi connectivity index (χ0v) is 10.9. The average molecular weight is 225 g/mol. The summed E-state index contributed by atoms with van der Waals surface area (Å²) in [4.78, 5) is 0. The summed E-state index contributed by atoms with van der Waals surface area (Å²) in [6.07, 6.45) is 2.42. The highest BCUT2D eigenvalue weighted by Crippen LogP contribution is 2.33. The van der Waals surface area contributed by atoms with E-state index in [1.807, 2.05) is 12.1 Å². The molecule has 0 aliphatic carbocycles. The Balaban J connectivity index is 2.79. The molecule has 0 aliphatic heterocycles. The van der Waals surface area contributed by atoms with Gasteiger partial charge in [0.1, 0.15) is 0 Å². The lowest BCUT2D eigenvalue weighted by Crippen LogP contribution is -2.11. The molecule has 0 amide bonds. The molecular formula is C14H21Cl. The van der Waals surface area contributed by atoms with Crippen molar-refractivity contribution >= 4 is 11.6 Å². The van der Waals surface area contributed by atoms with Crippen LogP contribution < -0.4 is 0 Å². The van der Waals surface area contributed by atoms with Crippen LogP contribution in [0.15, 0.2) is 24.3 Å². The monoisotopic (exact) mass is 224 g/mol. The van der Waals surface area contributed by atoms with E-state index in [9.17, 15) is 0 Å². The molecule has 0 heterocycles. The quantitative estimate of drug-likeness (QED) is 0.656. The van der Waals surface area contributed by atoms with E-state index in [1.165, 1.54) is 18.4 Å². The standard InChI is InChI=1S/C14H21Cl/c1-5-11(10-14(2,3)4)12-6-8-13(15)9-7-12/h6-9,11H,5,10H2,1-4H3. The second-order valence-electron chi connectivity index (χ2n) is 5.42. The van der Waals surface area contributed by atoms with Crippen molar-refractivity contribution in [2.75, 3.05) is 0 Å². The van der Waals surface area contributed by atoms with Gasteiger partial charge in [-0.3, -0.25) is 0 Å². The fourth-order valence-corrected chi connectivity index (χ4v) is 2.10. The summed E-state index contributed by atoms with van der Waals surface area (Å²) in [6.45, 7) is 9.15. The van der Waals surface area contributed by atoms with Crippen molar-refractivity contribution in [3.05, 3.63) is 34.9 Å². The number of hydrogen-bond donors (Lipinski definition) is 0. The van der Waals surface area contributed by atoms with E-state index < -0.39 is 0 Å². The molecule has 0 radical (unpaired) electrons. The van der Waals surface area contributed by atoms with Gasteiger partial charge in [0.2, 0.25) is 0 Å². The Bertz CT molecular complexity index is 292. The molecule has 0 saturated heterocycles. The molecule has 0 aromatic heterocycles. The highest BCUT2D eigenvalue weighted by molar-refractivity contribution is 6.30. The largest absolute Gasteiger partial charge is 0.0843 e. The lowest BCUT2D eigenvalue weighted by atomic mass is 9.80. The molecule has 0 fully saturated rings. The van der Waals surface area contributed by atoms with Crippen molar-refractivity contribution in [3.63, 3.8) is 0 Å². The summed E-state index contributed by atoms with van der Waals surface area (Å²) in [6, 6.07) is 8.29. The van der Waals surface area contributed by atoms with E-state index >= 15 is 0 Å². The van der Waals surface area contributed by atoms with Crippen molar-refractivity contribution < 1.29 is 0 Å². The van der Waals surface area contributed by atoms with Crippen molar-refractivity contribution in [1.82, 2.24) is 0 Å². The lowest BCUT2D eigenvalue weighted by molar-refractivity contribution is 0.335. The second-order valence-corrected chi connectivity index (χ2v) is 5.86. The van der Waals surface area contributed by atoms with Gasteiger partial charge in [-0.2, -0.15) is 0 Å². The Morgan fingerprint density at radius 1 is 1.13 bits per heavy atom. The molecule has 1 atom stereocenters. The van der Waals surface area contributed by atoms with Crippen LogP contribution in [-0.2, 0) is 0 Å². The van der Waals surface area contributed by atoms with Crippen LogP contribution in [0.2, 0.25) is 5.02 Å². The molecule has 1 heteroatoms. The Hall–Kier alpha value is -0.490. The predicted octanol–water partition coefficient (Wildman–Crippen LogP) is 5.27. The minimum Gasteiger partial charge on any atom is -0.0843 e. The van der Waals surface area contributed by atoms with E-state index in [1.54, 1.807) is 0 Å². The van der Waals surface area contributed by atoms with Crippen LogP contribution in [0.3, 0.4) is 0 Å². The van der Waals surface area contributed by atoms with Gasteiger partial charge in [-0.05, 0) is 41.9 Å². The minimum absolute atomic E-state index is 0.389. The summed E-state index contributed by atoms with van der Waals surface area (Å²) in [7, 11) is 0. The van der Waals surface area contributed by atoms with Crippen LogP contribution in [-0.4, -0.2) is 0 Å². The first-order chi connectivity index (χ1) is 6.92. The van der Waals surface area contributed by atoms with Crippen molar-refractivity contribution in [3.8, 4) is 0 Å². The maximum absolute atomic E-state index is 5.89. The Kier molecular flexibility index (Phi) is 4.21. The zero-order chi connectivity index (χ0) is 11.5. The van der Waals surface area contributed by atoms with Crippen LogP contribution in [0.5, 0.6) is 0 Å². The summed E-state index contributed by atoms with van der Waals surface area (Å²) < 4.78 is 0. The molecule has 1 unspecified atom stereocenters. The molecule has 0 aliphatic rings. The number of benzene rings is 1. The predicted molar refractivity (Wildman–Crippen MR) is 68.6 cm³/mol. The van der Waals surface area contributed by atoms with Gasteiger partial charge in [0.25, 0.3) is 0 Å². The molecule has 0 spiro atoms. The third-order valence-corrected chi connectivity index (χ3v) is 2.94. The van der Waals surface area contributed by atoms with Crippen LogP contribution in [0, 0.1) is 5.41 Å². The first-order valence-corrected chi connectivity index (χ1v) is 6.05. The number of halogens is 1. The summed E-state index contributed by atoms with van der Waals surface area (Å²) in [5.41, 5.74) is 1.80. The third kappa shape index (κ3) is 4.25. The first-order valence-electron chi connectivity index (χ1n) is 5.68. The lowest BCUT2D eigenvalue weighted by Gasteiger charge is -2.25. The molecule has 1 aromatic rings. The maximum atomic E-state index is 5.89. The fraction of sp³-hybridized carbons (Fsp3) is 0.571. The first kappa shape index (κ1) is 12.6. The van der Waals surface area contributed by atoms with Gasteiger partial charge in [-0.15, -0.1) is 0 Å². The molecule has 1 rings (SSSR count). The van der Waals surface area contributed by atoms with Gasteiger partial charge in [-0.1, -0.05) is 51.4 Å². The zero-order valence-electron chi connectivity index (χ0n) is 10.2. The van der Waals surface area contributed by atoms with Crippen LogP contribution >= 0.6 is 11.6 Å². The smallest absolute Gasteiger partial charge is 0.0406 e. The van der Waals surface area contributed by atoms with Crippen LogP contribution in [0.4, 0.5) is 0 Å². The van der Waals surface area contributed by atoms with Gasteiger partial charge in [0.15, 0.2) is 0 Å². The van der Waals surface area contributed by atoms with Gasteiger partial charge in [0, 0.05) is 5.02 Å². The van der Waals surface area contributed by atoms with Crippen LogP contribution in [0.25, 0.3) is 0 Å². The fourth-order valence-electron chi connectivity index (χ4n) is 1.97. The molecule has 1 aromatic carbocycles. The third-order valence-electron chi connectivity index (χ3n) is 2.69. The summed E-state index contributed by atoms with van der Waals surface area (Å²) in [5.74, 6) is 0.655. The molecule has 15 heavy (non-hydrogen) atoms. The molecular weight excluding hydrogens is 204 g/mol. The SMILES string of the molecule is CCC(CC(C)(C)C)c1ccc(Cl)cc1. The van der Waals surface area contributed by atoms with E-state index in [0.717, 1.165) is 5.02 Å². The van der Waals surface area contributed by atoms with Crippen LogP contribution in [0.1, 0.15) is 52.0 Å². The van der Waals surface area contributed by atoms with E-state index in [4.69, 9.17) is 11.6 Å². The second kappa shape index (κ2) is 5.03. The van der Waals surface area contributed by atoms with E-state index in [-0.39, 0.29) is 0 Å². The molecule has 0 nitrogen and oxygen atoms in total. The van der Waals surface area contributed by atoms with Gasteiger partial charge in [0.05, 0.1) is 0 Å². The Morgan fingerprint density at radius 3 is 2.07 bits per heavy atom. The molecule has 0 N–H and O–H groups in total. The summed E-state index contributed by atoms with van der Waals surface area (Å²) in [5, 5.41) is 0.823. The number of rotatable bonds is 3. The molecule has 0 saturated carbocycles. The Morgan fingerprint density at radius 2 is 1.67 bits per heavy atom.